The van der Waals surface area contributed by atoms with Gasteiger partial charge in [-0.15, -0.1) is 12.3 Å². The Bertz CT molecular complexity index is 453. The SMILES string of the molecule is C#CCCCNC(=O)c1sc(NCCOC)nc1N. The summed E-state index contributed by atoms with van der Waals surface area (Å²) in [5.74, 6) is 2.54. The second-order valence-corrected chi connectivity index (χ2v) is 4.72. The number of unbranched alkanes of at least 4 members (excludes halogenated alkanes) is 1. The Morgan fingerprint density at radius 1 is 1.58 bits per heavy atom. The van der Waals surface area contributed by atoms with Crippen molar-refractivity contribution in [2.75, 3.05) is 37.9 Å². The van der Waals surface area contributed by atoms with Crippen LogP contribution in [-0.4, -0.2) is 37.7 Å². The summed E-state index contributed by atoms with van der Waals surface area (Å²) in [5, 5.41) is 6.41. The van der Waals surface area contributed by atoms with Gasteiger partial charge in [0.15, 0.2) is 5.13 Å². The van der Waals surface area contributed by atoms with Crippen molar-refractivity contribution in [3.8, 4) is 12.3 Å². The number of nitrogens with zero attached hydrogens (tertiary/aromatic N) is 1. The maximum Gasteiger partial charge on any atom is 0.265 e. The van der Waals surface area contributed by atoms with Crippen LogP contribution in [0.1, 0.15) is 22.5 Å². The van der Waals surface area contributed by atoms with E-state index in [4.69, 9.17) is 16.9 Å². The molecule has 0 saturated carbocycles. The van der Waals surface area contributed by atoms with Crippen LogP contribution in [0.2, 0.25) is 0 Å². The topological polar surface area (TPSA) is 89.3 Å². The fraction of sp³-hybridized carbons (Fsp3) is 0.500. The third-order valence-corrected chi connectivity index (χ3v) is 3.25. The highest BCUT2D eigenvalue weighted by atomic mass is 32.1. The van der Waals surface area contributed by atoms with Crippen molar-refractivity contribution in [1.82, 2.24) is 10.3 Å². The van der Waals surface area contributed by atoms with E-state index in [1.165, 1.54) is 11.3 Å². The third-order valence-electron chi connectivity index (χ3n) is 2.23. The molecule has 1 amide bonds. The maximum atomic E-state index is 11.8. The molecule has 0 spiro atoms. The van der Waals surface area contributed by atoms with Gasteiger partial charge in [-0.05, 0) is 6.42 Å². The van der Waals surface area contributed by atoms with Crippen LogP contribution in [0.4, 0.5) is 10.9 Å². The van der Waals surface area contributed by atoms with Crippen LogP contribution in [0.5, 0.6) is 0 Å². The van der Waals surface area contributed by atoms with Crippen molar-refractivity contribution in [3.05, 3.63) is 4.88 Å². The van der Waals surface area contributed by atoms with E-state index in [0.717, 1.165) is 6.42 Å². The van der Waals surface area contributed by atoms with E-state index in [9.17, 15) is 4.79 Å². The molecule has 0 aliphatic heterocycles. The molecule has 0 aromatic carbocycles. The Balaban J connectivity index is 2.48. The minimum atomic E-state index is -0.216. The van der Waals surface area contributed by atoms with Crippen LogP contribution in [-0.2, 0) is 4.74 Å². The molecule has 1 rings (SSSR count). The zero-order valence-electron chi connectivity index (χ0n) is 10.9. The number of terminal acetylenes is 1. The average molecular weight is 282 g/mol. The molecule has 0 aliphatic carbocycles. The van der Waals surface area contributed by atoms with Crippen molar-refractivity contribution < 1.29 is 9.53 Å². The summed E-state index contributed by atoms with van der Waals surface area (Å²) in [4.78, 5) is 16.3. The van der Waals surface area contributed by atoms with E-state index < -0.39 is 0 Å². The van der Waals surface area contributed by atoms with Crippen LogP contribution < -0.4 is 16.4 Å². The van der Waals surface area contributed by atoms with Gasteiger partial charge in [0, 0.05) is 26.6 Å². The smallest absolute Gasteiger partial charge is 0.265 e. The van der Waals surface area contributed by atoms with Crippen LogP contribution in [0.15, 0.2) is 0 Å². The summed E-state index contributed by atoms with van der Waals surface area (Å²) in [5.41, 5.74) is 5.71. The molecular formula is C12H18N4O2S. The second-order valence-electron chi connectivity index (χ2n) is 3.72. The molecule has 0 atom stereocenters. The molecule has 0 saturated heterocycles. The summed E-state index contributed by atoms with van der Waals surface area (Å²) in [6.45, 7) is 1.71. The molecule has 6 nitrogen and oxygen atoms in total. The van der Waals surface area contributed by atoms with E-state index in [-0.39, 0.29) is 11.7 Å². The molecule has 0 radical (unpaired) electrons. The number of rotatable bonds is 8. The number of thiazole rings is 1. The molecule has 1 aromatic heterocycles. The molecule has 0 bridgehead atoms. The first-order valence-corrected chi connectivity index (χ1v) is 6.71. The molecule has 0 aliphatic rings. The van der Waals surface area contributed by atoms with Crippen LogP contribution in [0.3, 0.4) is 0 Å². The van der Waals surface area contributed by atoms with Gasteiger partial charge in [-0.3, -0.25) is 4.79 Å². The van der Waals surface area contributed by atoms with Gasteiger partial charge in [-0.2, -0.15) is 0 Å². The number of nitrogens with one attached hydrogen (secondary N) is 2. The van der Waals surface area contributed by atoms with Crippen molar-refractivity contribution in [2.45, 2.75) is 12.8 Å². The van der Waals surface area contributed by atoms with Crippen LogP contribution in [0, 0.1) is 12.3 Å². The summed E-state index contributed by atoms with van der Waals surface area (Å²) >= 11 is 1.23. The van der Waals surface area contributed by atoms with E-state index in [2.05, 4.69) is 21.5 Å². The van der Waals surface area contributed by atoms with Crippen molar-refractivity contribution in [3.63, 3.8) is 0 Å². The summed E-state index contributed by atoms with van der Waals surface area (Å²) in [7, 11) is 1.62. The minimum Gasteiger partial charge on any atom is -0.383 e. The highest BCUT2D eigenvalue weighted by Gasteiger charge is 2.15. The molecule has 4 N–H and O–H groups in total. The summed E-state index contributed by atoms with van der Waals surface area (Å²) in [6, 6.07) is 0. The lowest BCUT2D eigenvalue weighted by atomic mass is 10.3. The number of hydrogen-bond donors (Lipinski definition) is 3. The molecule has 19 heavy (non-hydrogen) atoms. The zero-order valence-corrected chi connectivity index (χ0v) is 11.7. The van der Waals surface area contributed by atoms with Gasteiger partial charge in [0.2, 0.25) is 0 Å². The Hall–Kier alpha value is -1.78. The highest BCUT2D eigenvalue weighted by Crippen LogP contribution is 2.24. The van der Waals surface area contributed by atoms with E-state index in [0.29, 0.717) is 36.1 Å². The minimum absolute atomic E-state index is 0.216. The van der Waals surface area contributed by atoms with Crippen molar-refractivity contribution in [1.29, 1.82) is 0 Å². The lowest BCUT2D eigenvalue weighted by molar-refractivity contribution is 0.0958. The van der Waals surface area contributed by atoms with Crippen LogP contribution in [0.25, 0.3) is 0 Å². The molecular weight excluding hydrogens is 264 g/mol. The molecule has 1 heterocycles. The number of ether oxygens (including phenoxy) is 1. The first-order valence-electron chi connectivity index (χ1n) is 5.89. The quantitative estimate of drug-likeness (QED) is 0.487. The maximum absolute atomic E-state index is 11.8. The molecule has 1 aromatic rings. The normalized spacial score (nSPS) is 9.89. The Morgan fingerprint density at radius 3 is 3.05 bits per heavy atom. The number of hydrogen-bond acceptors (Lipinski definition) is 6. The first-order chi connectivity index (χ1) is 9.19. The number of methoxy groups -OCH3 is 1. The number of nitrogen functional groups attached to an aromatic ring is 1. The van der Waals surface area contributed by atoms with Gasteiger partial charge in [0.25, 0.3) is 5.91 Å². The predicted octanol–water partition coefficient (Wildman–Crippen LogP) is 0.927. The van der Waals surface area contributed by atoms with E-state index in [1.54, 1.807) is 7.11 Å². The van der Waals surface area contributed by atoms with Gasteiger partial charge in [-0.1, -0.05) is 11.3 Å². The predicted molar refractivity (Wildman–Crippen MR) is 77.3 cm³/mol. The number of anilines is 2. The Morgan fingerprint density at radius 2 is 2.37 bits per heavy atom. The number of amides is 1. The average Bonchev–Trinajstić information content (AvgIpc) is 2.76. The number of carbonyl (C=O) groups excluding carboxylic acids is 1. The van der Waals surface area contributed by atoms with Crippen molar-refractivity contribution >= 4 is 28.2 Å². The molecule has 0 fully saturated rings. The monoisotopic (exact) mass is 282 g/mol. The standard InChI is InChI=1S/C12H18N4O2S/c1-3-4-5-6-14-11(17)9-10(13)16-12(19-9)15-7-8-18-2/h1H,4-8,13H2,2H3,(H,14,17)(H,15,16). The second kappa shape index (κ2) is 8.34. The number of aromatic nitrogens is 1. The molecule has 7 heteroatoms. The lowest BCUT2D eigenvalue weighted by Crippen LogP contribution is -2.24. The highest BCUT2D eigenvalue weighted by molar-refractivity contribution is 7.18. The third kappa shape index (κ3) is 5.16. The fourth-order valence-corrected chi connectivity index (χ4v) is 2.13. The zero-order chi connectivity index (χ0) is 14.1. The molecule has 104 valence electrons. The van der Waals surface area contributed by atoms with Gasteiger partial charge in [0.05, 0.1) is 6.61 Å². The summed E-state index contributed by atoms with van der Waals surface area (Å²) < 4.78 is 4.91. The Labute approximate surface area is 116 Å². The van der Waals surface area contributed by atoms with Crippen molar-refractivity contribution in [2.24, 2.45) is 0 Å². The largest absolute Gasteiger partial charge is 0.383 e. The summed E-state index contributed by atoms with van der Waals surface area (Å²) in [6.07, 6.45) is 6.52. The molecule has 0 unspecified atom stereocenters. The number of nitrogens with two attached hydrogens (primary N) is 1. The van der Waals surface area contributed by atoms with E-state index in [1.807, 2.05) is 0 Å². The first kappa shape index (κ1) is 15.3. The van der Waals surface area contributed by atoms with Gasteiger partial charge in [-0.25, -0.2) is 4.98 Å². The van der Waals surface area contributed by atoms with Gasteiger partial charge >= 0.3 is 0 Å². The van der Waals surface area contributed by atoms with Gasteiger partial charge in [0.1, 0.15) is 10.7 Å². The Kier molecular flexibility index (Phi) is 6.71. The number of carbonyl (C=O) groups is 1. The lowest BCUT2D eigenvalue weighted by Gasteiger charge is -2.01. The van der Waals surface area contributed by atoms with E-state index >= 15 is 0 Å². The van der Waals surface area contributed by atoms with Crippen LogP contribution >= 0.6 is 11.3 Å². The fourth-order valence-electron chi connectivity index (χ4n) is 1.30. The van der Waals surface area contributed by atoms with Gasteiger partial charge < -0.3 is 21.1 Å².